The molecule has 0 atom stereocenters. The summed E-state index contributed by atoms with van der Waals surface area (Å²) in [7, 11) is -3.17. The third-order valence-corrected chi connectivity index (χ3v) is 5.42. The summed E-state index contributed by atoms with van der Waals surface area (Å²) in [4.78, 5) is 4.58. The van der Waals surface area contributed by atoms with E-state index in [0.717, 1.165) is 24.5 Å². The molecule has 1 saturated carbocycles. The molecule has 0 radical (unpaired) electrons. The highest BCUT2D eigenvalue weighted by atomic mass is 32.2. The van der Waals surface area contributed by atoms with Crippen molar-refractivity contribution in [2.45, 2.75) is 33.2 Å². The van der Waals surface area contributed by atoms with Crippen molar-refractivity contribution in [1.82, 2.24) is 15.4 Å². The van der Waals surface area contributed by atoms with Crippen LogP contribution in [0.25, 0.3) is 0 Å². The summed E-state index contributed by atoms with van der Waals surface area (Å²) in [5, 5.41) is 6.30. The van der Waals surface area contributed by atoms with E-state index in [1.165, 1.54) is 12.8 Å². The lowest BCUT2D eigenvalue weighted by Gasteiger charge is -2.13. The molecule has 1 fully saturated rings. The minimum atomic E-state index is -3.17. The van der Waals surface area contributed by atoms with Crippen molar-refractivity contribution in [3.05, 3.63) is 29.8 Å². The molecule has 1 aromatic rings. The van der Waals surface area contributed by atoms with Gasteiger partial charge in [-0.25, -0.2) is 18.1 Å². The number of para-hydroxylation sites is 1. The molecule has 26 heavy (non-hydrogen) atoms. The van der Waals surface area contributed by atoms with E-state index in [-0.39, 0.29) is 5.75 Å². The Morgan fingerprint density at radius 3 is 2.65 bits per heavy atom. The van der Waals surface area contributed by atoms with Crippen molar-refractivity contribution in [1.29, 1.82) is 0 Å². The first-order chi connectivity index (χ1) is 12.5. The van der Waals surface area contributed by atoms with Crippen molar-refractivity contribution >= 4 is 16.0 Å². The van der Waals surface area contributed by atoms with Gasteiger partial charge in [-0.3, -0.25) is 0 Å². The van der Waals surface area contributed by atoms with Gasteiger partial charge in [0.1, 0.15) is 5.75 Å². The molecular formula is C18H30N4O3S. The average molecular weight is 383 g/mol. The summed E-state index contributed by atoms with van der Waals surface area (Å²) in [6.07, 6.45) is 2.52. The number of hydrogen-bond acceptors (Lipinski definition) is 4. The third kappa shape index (κ3) is 7.61. The zero-order valence-electron chi connectivity index (χ0n) is 15.6. The van der Waals surface area contributed by atoms with E-state index in [4.69, 9.17) is 4.74 Å². The predicted molar refractivity (Wildman–Crippen MR) is 105 cm³/mol. The Bertz CT molecular complexity index is 687. The Morgan fingerprint density at radius 2 is 1.96 bits per heavy atom. The van der Waals surface area contributed by atoms with E-state index in [1.54, 1.807) is 6.92 Å². The summed E-state index contributed by atoms with van der Waals surface area (Å²) in [6.45, 7) is 6.39. The molecule has 1 aliphatic rings. The Hall–Kier alpha value is -1.80. The molecule has 0 saturated heterocycles. The smallest absolute Gasteiger partial charge is 0.211 e. The Labute approximate surface area is 156 Å². The summed E-state index contributed by atoms with van der Waals surface area (Å²) in [5.74, 6) is 2.33. The molecule has 3 N–H and O–H groups in total. The first-order valence-electron chi connectivity index (χ1n) is 9.24. The second-order valence-electron chi connectivity index (χ2n) is 6.28. The van der Waals surface area contributed by atoms with Crippen molar-refractivity contribution in [2.24, 2.45) is 10.9 Å². The molecule has 0 aromatic heterocycles. The van der Waals surface area contributed by atoms with Crippen LogP contribution in [0.1, 0.15) is 32.3 Å². The van der Waals surface area contributed by atoms with Crippen LogP contribution in [0.5, 0.6) is 5.75 Å². The van der Waals surface area contributed by atoms with Gasteiger partial charge in [0.15, 0.2) is 5.96 Å². The van der Waals surface area contributed by atoms with E-state index >= 15 is 0 Å². The highest BCUT2D eigenvalue weighted by molar-refractivity contribution is 7.89. The largest absolute Gasteiger partial charge is 0.493 e. The van der Waals surface area contributed by atoms with Crippen molar-refractivity contribution in [3.63, 3.8) is 0 Å². The van der Waals surface area contributed by atoms with Gasteiger partial charge in [0, 0.05) is 25.2 Å². The number of benzene rings is 1. The van der Waals surface area contributed by atoms with Gasteiger partial charge in [0.25, 0.3) is 0 Å². The van der Waals surface area contributed by atoms with E-state index in [1.807, 2.05) is 31.2 Å². The van der Waals surface area contributed by atoms with E-state index < -0.39 is 10.0 Å². The molecule has 1 aliphatic carbocycles. The molecule has 2 rings (SSSR count). The Kier molecular flexibility index (Phi) is 8.18. The van der Waals surface area contributed by atoms with Crippen LogP contribution >= 0.6 is 0 Å². The number of rotatable bonds is 11. The van der Waals surface area contributed by atoms with E-state index in [2.05, 4.69) is 20.3 Å². The second-order valence-corrected chi connectivity index (χ2v) is 8.38. The minimum absolute atomic E-state index is 0.0821. The van der Waals surface area contributed by atoms with Crippen LogP contribution < -0.4 is 20.1 Å². The lowest BCUT2D eigenvalue weighted by Crippen LogP contribution is -2.41. The van der Waals surface area contributed by atoms with Crippen LogP contribution in [0.2, 0.25) is 0 Å². The number of sulfonamides is 1. The van der Waals surface area contributed by atoms with Gasteiger partial charge in [-0.1, -0.05) is 18.2 Å². The number of hydrogen-bond donors (Lipinski definition) is 3. The topological polar surface area (TPSA) is 91.8 Å². The lowest BCUT2D eigenvalue weighted by molar-refractivity contribution is 0.297. The number of aliphatic imine (C=N–C) groups is 1. The van der Waals surface area contributed by atoms with Gasteiger partial charge in [-0.05, 0) is 38.7 Å². The summed E-state index contributed by atoms with van der Waals surface area (Å²) in [5.41, 5.74) is 1.04. The van der Waals surface area contributed by atoms with Gasteiger partial charge in [0.05, 0.1) is 18.9 Å². The van der Waals surface area contributed by atoms with Crippen LogP contribution in [0.15, 0.2) is 29.3 Å². The monoisotopic (exact) mass is 382 g/mol. The summed E-state index contributed by atoms with van der Waals surface area (Å²) >= 11 is 0. The molecule has 0 heterocycles. The third-order valence-electron chi connectivity index (χ3n) is 4.02. The Morgan fingerprint density at radius 1 is 1.19 bits per heavy atom. The molecule has 0 amide bonds. The highest BCUT2D eigenvalue weighted by Gasteiger charge is 2.22. The normalized spacial score (nSPS) is 14.9. The van der Waals surface area contributed by atoms with Crippen molar-refractivity contribution < 1.29 is 13.2 Å². The average Bonchev–Trinajstić information content (AvgIpc) is 3.46. The predicted octanol–water partition coefficient (Wildman–Crippen LogP) is 1.47. The maximum absolute atomic E-state index is 11.4. The molecule has 8 heteroatoms. The molecule has 1 aromatic carbocycles. The maximum Gasteiger partial charge on any atom is 0.211 e. The molecule has 0 spiro atoms. The number of ether oxygens (including phenoxy) is 1. The fourth-order valence-corrected chi connectivity index (χ4v) is 2.88. The molecule has 0 bridgehead atoms. The number of guanidine groups is 1. The van der Waals surface area contributed by atoms with Crippen LogP contribution in [0, 0.1) is 5.92 Å². The van der Waals surface area contributed by atoms with Crippen LogP contribution in [-0.4, -0.2) is 46.4 Å². The standard InChI is InChI=1S/C18H30N4O3S/c1-3-19-18(20-11-12-22-26(23,24)4-2)21-13-16-7-5-6-8-17(16)25-14-15-9-10-15/h5-8,15,22H,3-4,9-14H2,1-2H3,(H2,19,20,21). The first-order valence-corrected chi connectivity index (χ1v) is 10.9. The Balaban J connectivity index is 1.87. The van der Waals surface area contributed by atoms with Gasteiger partial charge in [0.2, 0.25) is 10.0 Å². The number of nitrogens with zero attached hydrogens (tertiary/aromatic N) is 1. The first kappa shape index (κ1) is 20.5. The van der Waals surface area contributed by atoms with Gasteiger partial charge in [-0.15, -0.1) is 0 Å². The molecular weight excluding hydrogens is 352 g/mol. The van der Waals surface area contributed by atoms with Crippen LogP contribution in [-0.2, 0) is 16.6 Å². The second kappa shape index (κ2) is 10.4. The number of nitrogens with one attached hydrogen (secondary N) is 3. The van der Waals surface area contributed by atoms with E-state index in [0.29, 0.717) is 31.5 Å². The maximum atomic E-state index is 11.4. The lowest BCUT2D eigenvalue weighted by atomic mass is 10.2. The van der Waals surface area contributed by atoms with Crippen molar-refractivity contribution in [3.8, 4) is 5.75 Å². The fourth-order valence-electron chi connectivity index (χ4n) is 2.26. The highest BCUT2D eigenvalue weighted by Crippen LogP contribution is 2.30. The van der Waals surface area contributed by atoms with Crippen LogP contribution in [0.3, 0.4) is 0 Å². The minimum Gasteiger partial charge on any atom is -0.493 e. The molecule has 146 valence electrons. The van der Waals surface area contributed by atoms with Crippen LogP contribution in [0.4, 0.5) is 0 Å². The van der Waals surface area contributed by atoms with Gasteiger partial charge in [-0.2, -0.15) is 0 Å². The van der Waals surface area contributed by atoms with E-state index in [9.17, 15) is 8.42 Å². The fraction of sp³-hybridized carbons (Fsp3) is 0.611. The SMILES string of the molecule is CCNC(=NCc1ccccc1OCC1CC1)NCCNS(=O)(=O)CC. The summed E-state index contributed by atoms with van der Waals surface area (Å²) in [6, 6.07) is 7.95. The van der Waals surface area contributed by atoms with Gasteiger partial charge >= 0.3 is 0 Å². The molecule has 7 nitrogen and oxygen atoms in total. The zero-order chi connectivity index (χ0) is 18.8. The van der Waals surface area contributed by atoms with Gasteiger partial charge < -0.3 is 15.4 Å². The molecule has 0 aliphatic heterocycles. The summed E-state index contributed by atoms with van der Waals surface area (Å²) < 4.78 is 31.3. The molecule has 0 unspecified atom stereocenters. The van der Waals surface area contributed by atoms with Crippen molar-refractivity contribution in [2.75, 3.05) is 32.0 Å². The zero-order valence-corrected chi connectivity index (χ0v) is 16.4. The quantitative estimate of drug-likeness (QED) is 0.306.